The molecule has 3 heteroatoms. The molecule has 0 aliphatic heterocycles. The third-order valence-electron chi connectivity index (χ3n) is 0.440. The molecule has 7 heavy (non-hydrogen) atoms. The summed E-state index contributed by atoms with van der Waals surface area (Å²) >= 11 is 4.97. The molecule has 0 spiro atoms. The molecule has 0 radical (unpaired) electrons. The van der Waals surface area contributed by atoms with E-state index in [2.05, 4.69) is 0 Å². The molecule has 0 amide bonds. The van der Waals surface area contributed by atoms with Gasteiger partial charge in [-0.1, -0.05) is 11.8 Å². The predicted octanol–water partition coefficient (Wildman–Crippen LogP) is 1.68. The molecule has 0 bridgehead atoms. The van der Waals surface area contributed by atoms with Gasteiger partial charge in [0.15, 0.2) is 0 Å². The maximum Gasteiger partial charge on any atom is 0.0615 e. The Kier molecular flexibility index (Phi) is 3.05. The van der Waals surface area contributed by atoms with Crippen molar-refractivity contribution in [3.8, 4) is 0 Å². The first kappa shape index (κ1) is 7.61. The fourth-order valence-corrected chi connectivity index (χ4v) is 1.25. The average Bonchev–Trinajstić information content (AvgIpc) is 1.30. The van der Waals surface area contributed by atoms with Crippen LogP contribution >= 0.6 is 6.26 Å². The first-order chi connectivity index (χ1) is 3.06. The van der Waals surface area contributed by atoms with Crippen LogP contribution in [-0.2, 0) is 16.3 Å². The zero-order chi connectivity index (χ0) is 5.91. The van der Waals surface area contributed by atoms with Crippen LogP contribution in [0.4, 0.5) is 0 Å². The highest BCUT2D eigenvalue weighted by Gasteiger charge is 1.96. The Balaban J connectivity index is 3.36. The first-order valence-corrected chi connectivity index (χ1v) is 5.87. The van der Waals surface area contributed by atoms with Crippen LogP contribution in [0.3, 0.4) is 0 Å². The van der Waals surface area contributed by atoms with Crippen molar-refractivity contribution in [1.82, 2.24) is 0 Å². The summed E-state index contributed by atoms with van der Waals surface area (Å²) in [6, 6.07) is 0. The molecule has 0 heterocycles. The molecule has 0 N–H and O–H groups in total. The summed E-state index contributed by atoms with van der Waals surface area (Å²) in [5, 5.41) is 0. The van der Waals surface area contributed by atoms with E-state index in [9.17, 15) is 0 Å². The Morgan fingerprint density at radius 1 is 1.57 bits per heavy atom. The minimum absolute atomic E-state index is 0.754. The molecule has 0 unspecified atom stereocenters. The zero-order valence-electron chi connectivity index (χ0n) is 4.97. The monoisotopic (exact) mass is 138 g/mol. The fraction of sp³-hybridized carbons (Fsp3) is 1.00. The third-order valence-corrected chi connectivity index (χ3v) is 1.64. The van der Waals surface area contributed by atoms with Gasteiger partial charge in [-0.3, -0.25) is 0 Å². The Bertz CT molecular complexity index is 85.7. The summed E-state index contributed by atoms with van der Waals surface area (Å²) in [7, 11) is 0. The van der Waals surface area contributed by atoms with E-state index < -0.39 is 6.26 Å². The number of hydrogen-bond acceptors (Lipinski definition) is 2. The summed E-state index contributed by atoms with van der Waals surface area (Å²) in [4.78, 5) is 0. The molecule has 0 aromatic rings. The van der Waals surface area contributed by atoms with Crippen molar-refractivity contribution in [2.75, 3.05) is 19.9 Å². The highest BCUT2D eigenvalue weighted by molar-refractivity contribution is 8.11. The maximum atomic E-state index is 5.16. The Labute approximate surface area is 50.2 Å². The van der Waals surface area contributed by atoms with E-state index in [0.717, 1.165) is 6.61 Å². The van der Waals surface area contributed by atoms with E-state index in [1.807, 2.05) is 20.3 Å². The molecule has 1 nitrogen and oxygen atoms in total. The lowest BCUT2D eigenvalue weighted by Crippen LogP contribution is -1.82. The van der Waals surface area contributed by atoms with Gasteiger partial charge in [0.05, 0.1) is 6.26 Å². The lowest BCUT2D eigenvalue weighted by Gasteiger charge is -2.07. The standard InChI is InChI=1S/C4H11OPS/c1-4-5-6(2,3)7/h4H2,1-3H3. The van der Waals surface area contributed by atoms with Crippen LogP contribution in [0.2, 0.25) is 0 Å². The molecule has 0 saturated heterocycles. The van der Waals surface area contributed by atoms with Crippen LogP contribution in [0.25, 0.3) is 0 Å². The molecular formula is C4H11OPS. The molecule has 0 atom stereocenters. The van der Waals surface area contributed by atoms with Gasteiger partial charge < -0.3 is 4.52 Å². The van der Waals surface area contributed by atoms with E-state index in [1.54, 1.807) is 0 Å². The summed E-state index contributed by atoms with van der Waals surface area (Å²) in [5.41, 5.74) is 0. The van der Waals surface area contributed by atoms with Gasteiger partial charge in [0.25, 0.3) is 0 Å². The highest BCUT2D eigenvalue weighted by Crippen LogP contribution is 2.36. The van der Waals surface area contributed by atoms with Crippen molar-refractivity contribution in [3.05, 3.63) is 0 Å². The van der Waals surface area contributed by atoms with Crippen LogP contribution in [0, 0.1) is 0 Å². The molecule has 44 valence electrons. The van der Waals surface area contributed by atoms with Crippen molar-refractivity contribution in [2.45, 2.75) is 6.92 Å². The maximum absolute atomic E-state index is 5.16. The Morgan fingerprint density at radius 3 is 2.00 bits per heavy atom. The summed E-state index contributed by atoms with van der Waals surface area (Å²) in [6.45, 7) is 6.68. The molecule has 0 aliphatic carbocycles. The van der Waals surface area contributed by atoms with Crippen LogP contribution < -0.4 is 0 Å². The third kappa shape index (κ3) is 6.61. The topological polar surface area (TPSA) is 9.23 Å². The lowest BCUT2D eigenvalue weighted by molar-refractivity contribution is 0.382. The zero-order valence-corrected chi connectivity index (χ0v) is 6.68. The van der Waals surface area contributed by atoms with Gasteiger partial charge in [-0.15, -0.1) is 0 Å². The van der Waals surface area contributed by atoms with E-state index in [-0.39, 0.29) is 0 Å². The number of hydrogen-bond donors (Lipinski definition) is 0. The molecule has 0 rings (SSSR count). The fourth-order valence-electron chi connectivity index (χ4n) is 0.311. The normalized spacial score (nSPS) is 11.9. The van der Waals surface area contributed by atoms with Gasteiger partial charge in [-0.05, 0) is 20.3 Å². The summed E-state index contributed by atoms with van der Waals surface area (Å²) in [6.07, 6.45) is -1.33. The van der Waals surface area contributed by atoms with Gasteiger partial charge in [0, 0.05) is 6.61 Å². The molecule has 0 aromatic carbocycles. The first-order valence-electron chi connectivity index (χ1n) is 2.26. The van der Waals surface area contributed by atoms with Gasteiger partial charge in [-0.2, -0.15) is 0 Å². The second-order valence-electron chi connectivity index (χ2n) is 1.67. The average molecular weight is 138 g/mol. The van der Waals surface area contributed by atoms with Gasteiger partial charge in [-0.25, -0.2) is 0 Å². The molecular weight excluding hydrogens is 127 g/mol. The number of rotatable bonds is 2. The van der Waals surface area contributed by atoms with Crippen LogP contribution in [0.1, 0.15) is 6.92 Å². The van der Waals surface area contributed by atoms with E-state index >= 15 is 0 Å². The Morgan fingerprint density at radius 2 is 2.00 bits per heavy atom. The quantitative estimate of drug-likeness (QED) is 0.537. The Hall–Kier alpha value is 0.610. The van der Waals surface area contributed by atoms with E-state index in [0.29, 0.717) is 0 Å². The van der Waals surface area contributed by atoms with Crippen molar-refractivity contribution in [2.24, 2.45) is 0 Å². The minimum atomic E-state index is -1.33. The van der Waals surface area contributed by atoms with Crippen molar-refractivity contribution >= 4 is 18.1 Å². The van der Waals surface area contributed by atoms with Gasteiger partial charge >= 0.3 is 0 Å². The second-order valence-corrected chi connectivity index (χ2v) is 7.07. The van der Waals surface area contributed by atoms with E-state index in [1.165, 1.54) is 0 Å². The van der Waals surface area contributed by atoms with E-state index in [4.69, 9.17) is 16.3 Å². The van der Waals surface area contributed by atoms with Crippen molar-refractivity contribution < 1.29 is 4.52 Å². The van der Waals surface area contributed by atoms with Crippen molar-refractivity contribution in [1.29, 1.82) is 0 Å². The van der Waals surface area contributed by atoms with Crippen LogP contribution in [0.15, 0.2) is 0 Å². The van der Waals surface area contributed by atoms with Crippen molar-refractivity contribution in [3.63, 3.8) is 0 Å². The molecule has 0 aromatic heterocycles. The smallest absolute Gasteiger partial charge is 0.0615 e. The SMILES string of the molecule is CCOP(C)(C)=S. The summed E-state index contributed by atoms with van der Waals surface area (Å²) < 4.78 is 5.16. The lowest BCUT2D eigenvalue weighted by atomic mass is 10.9. The van der Waals surface area contributed by atoms with Crippen LogP contribution in [-0.4, -0.2) is 19.9 Å². The predicted molar refractivity (Wildman–Crippen MR) is 37.8 cm³/mol. The highest BCUT2D eigenvalue weighted by atomic mass is 32.4. The molecule has 0 aliphatic rings. The molecule has 0 fully saturated rings. The molecule has 0 saturated carbocycles. The second kappa shape index (κ2) is 2.81. The largest absolute Gasteiger partial charge is 0.351 e. The summed E-state index contributed by atoms with van der Waals surface area (Å²) in [5.74, 6) is 0. The van der Waals surface area contributed by atoms with Gasteiger partial charge in [0.1, 0.15) is 0 Å². The van der Waals surface area contributed by atoms with Gasteiger partial charge in [0.2, 0.25) is 0 Å². The minimum Gasteiger partial charge on any atom is -0.351 e. The van der Waals surface area contributed by atoms with Crippen LogP contribution in [0.5, 0.6) is 0 Å².